The van der Waals surface area contributed by atoms with Gasteiger partial charge >= 0.3 is 0 Å². The lowest BCUT2D eigenvalue weighted by Gasteiger charge is -2.20. The van der Waals surface area contributed by atoms with Crippen LogP contribution < -0.4 is 10.0 Å². The molecule has 0 fully saturated rings. The Morgan fingerprint density at radius 1 is 1.07 bits per heavy atom. The minimum absolute atomic E-state index is 0.158. The quantitative estimate of drug-likeness (QED) is 0.785. The van der Waals surface area contributed by atoms with Gasteiger partial charge in [-0.3, -0.25) is 9.52 Å². The van der Waals surface area contributed by atoms with Gasteiger partial charge in [0.05, 0.1) is 22.9 Å². The highest BCUT2D eigenvalue weighted by Crippen LogP contribution is 2.26. The zero-order chi connectivity index (χ0) is 19.6. The van der Waals surface area contributed by atoms with Crippen molar-refractivity contribution in [1.29, 1.82) is 0 Å². The largest absolute Gasteiger partial charge is 0.345 e. The summed E-state index contributed by atoms with van der Waals surface area (Å²) >= 11 is 6.18. The Hall–Kier alpha value is -2.05. The first-order valence-electron chi connectivity index (χ1n) is 8.93. The van der Waals surface area contributed by atoms with E-state index in [1.807, 2.05) is 6.92 Å². The van der Waals surface area contributed by atoms with Gasteiger partial charge in [0.1, 0.15) is 0 Å². The number of benzene rings is 2. The number of rotatable bonds is 5. The van der Waals surface area contributed by atoms with Crippen LogP contribution in [0.1, 0.15) is 52.9 Å². The van der Waals surface area contributed by atoms with Crippen LogP contribution in [0.2, 0.25) is 5.02 Å². The number of amides is 1. The molecule has 2 N–H and O–H groups in total. The lowest BCUT2D eigenvalue weighted by molar-refractivity contribution is 0.0940. The molecule has 0 saturated carbocycles. The molecule has 0 heterocycles. The van der Waals surface area contributed by atoms with Crippen LogP contribution in [0.4, 0.5) is 5.69 Å². The molecule has 5 nitrogen and oxygen atoms in total. The number of sulfonamides is 1. The van der Waals surface area contributed by atoms with Gasteiger partial charge in [-0.15, -0.1) is 0 Å². The zero-order valence-corrected chi connectivity index (χ0v) is 17.0. The van der Waals surface area contributed by atoms with Gasteiger partial charge in [-0.1, -0.05) is 29.8 Å². The van der Waals surface area contributed by atoms with Crippen LogP contribution in [0.3, 0.4) is 0 Å². The summed E-state index contributed by atoms with van der Waals surface area (Å²) in [7, 11) is -3.40. The molecule has 1 unspecified atom stereocenters. The molecule has 1 atom stereocenters. The number of hydrogen-bond acceptors (Lipinski definition) is 3. The van der Waals surface area contributed by atoms with Crippen LogP contribution >= 0.6 is 11.6 Å². The van der Waals surface area contributed by atoms with Crippen molar-refractivity contribution >= 4 is 33.2 Å². The molecule has 144 valence electrons. The van der Waals surface area contributed by atoms with Crippen LogP contribution in [-0.4, -0.2) is 20.6 Å². The molecule has 27 heavy (non-hydrogen) atoms. The van der Waals surface area contributed by atoms with Crippen molar-refractivity contribution in [2.45, 2.75) is 38.6 Å². The molecular formula is C20H23ClN2O3S. The molecular weight excluding hydrogens is 384 g/mol. The second-order valence-electron chi connectivity index (χ2n) is 7.00. The maximum absolute atomic E-state index is 12.6. The summed E-state index contributed by atoms with van der Waals surface area (Å²) in [6.45, 7) is 1.94. The fraction of sp³-hybridized carbons (Fsp3) is 0.350. The SMILES string of the molecule is CC(NC(=O)c1ccc(NS(C)(=O)=O)cc1Cl)c1ccc2c(c1)CCCC2. The average molecular weight is 407 g/mol. The zero-order valence-electron chi connectivity index (χ0n) is 15.4. The smallest absolute Gasteiger partial charge is 0.253 e. The monoisotopic (exact) mass is 406 g/mol. The van der Waals surface area contributed by atoms with E-state index in [9.17, 15) is 13.2 Å². The van der Waals surface area contributed by atoms with Gasteiger partial charge in [-0.2, -0.15) is 0 Å². The molecule has 3 rings (SSSR count). The number of nitrogens with one attached hydrogen (secondary N) is 2. The number of halogens is 1. The molecule has 0 spiro atoms. The predicted octanol–water partition coefficient (Wildman–Crippen LogP) is 4.08. The Morgan fingerprint density at radius 2 is 1.78 bits per heavy atom. The van der Waals surface area contributed by atoms with Crippen molar-refractivity contribution in [3.8, 4) is 0 Å². The maximum Gasteiger partial charge on any atom is 0.253 e. The summed E-state index contributed by atoms with van der Waals surface area (Å²) in [4.78, 5) is 12.6. The molecule has 0 aliphatic heterocycles. The van der Waals surface area contributed by atoms with Gasteiger partial charge in [-0.05, 0) is 67.5 Å². The Balaban J connectivity index is 1.73. The molecule has 2 aromatic rings. The maximum atomic E-state index is 12.6. The average Bonchev–Trinajstić information content (AvgIpc) is 2.59. The van der Waals surface area contributed by atoms with E-state index >= 15 is 0 Å². The molecule has 2 aromatic carbocycles. The Morgan fingerprint density at radius 3 is 2.44 bits per heavy atom. The summed E-state index contributed by atoms with van der Waals surface area (Å²) in [5.74, 6) is -0.295. The number of carbonyl (C=O) groups excluding carboxylic acids is 1. The second kappa shape index (κ2) is 7.90. The molecule has 1 aliphatic carbocycles. The highest BCUT2D eigenvalue weighted by molar-refractivity contribution is 7.92. The lowest BCUT2D eigenvalue weighted by Crippen LogP contribution is -2.27. The van der Waals surface area contributed by atoms with Crippen molar-refractivity contribution in [1.82, 2.24) is 5.32 Å². The number of aryl methyl sites for hydroxylation is 2. The van der Waals surface area contributed by atoms with Gasteiger partial charge < -0.3 is 5.32 Å². The molecule has 1 amide bonds. The summed E-state index contributed by atoms with van der Waals surface area (Å²) in [6, 6.07) is 10.7. The third-order valence-electron chi connectivity index (χ3n) is 4.74. The van der Waals surface area contributed by atoms with Crippen molar-refractivity contribution < 1.29 is 13.2 Å². The third kappa shape index (κ3) is 5.02. The number of anilines is 1. The highest BCUT2D eigenvalue weighted by Gasteiger charge is 2.17. The van der Waals surface area contributed by atoms with Crippen LogP contribution in [0, 0.1) is 0 Å². The fourth-order valence-corrected chi connectivity index (χ4v) is 4.18. The summed E-state index contributed by atoms with van der Waals surface area (Å²) in [6.07, 6.45) is 5.72. The van der Waals surface area contributed by atoms with Gasteiger partial charge in [-0.25, -0.2) is 8.42 Å². The molecule has 0 aromatic heterocycles. The van der Waals surface area contributed by atoms with E-state index in [-0.39, 0.29) is 17.0 Å². The number of hydrogen-bond donors (Lipinski definition) is 2. The third-order valence-corrected chi connectivity index (χ3v) is 5.66. The normalized spacial score (nSPS) is 14.9. The molecule has 0 radical (unpaired) electrons. The minimum atomic E-state index is -3.40. The van der Waals surface area contributed by atoms with E-state index in [1.165, 1.54) is 42.2 Å². The van der Waals surface area contributed by atoms with E-state index in [1.54, 1.807) is 0 Å². The van der Waals surface area contributed by atoms with Crippen molar-refractivity contribution in [3.05, 3.63) is 63.7 Å². The Kier molecular flexibility index (Phi) is 5.77. The first-order valence-corrected chi connectivity index (χ1v) is 11.2. The van der Waals surface area contributed by atoms with Gasteiger partial charge in [0.2, 0.25) is 10.0 Å². The standard InChI is InChI=1S/C20H23ClN2O3S/c1-13(15-8-7-14-5-3-4-6-16(14)11-15)22-20(24)18-10-9-17(12-19(18)21)23-27(2,25)26/h7-13,23H,3-6H2,1-2H3,(H,22,24). The van der Waals surface area contributed by atoms with Crippen LogP contribution in [-0.2, 0) is 22.9 Å². The summed E-state index contributed by atoms with van der Waals surface area (Å²) < 4.78 is 24.9. The van der Waals surface area contributed by atoms with Crippen LogP contribution in [0.25, 0.3) is 0 Å². The van der Waals surface area contributed by atoms with Crippen LogP contribution in [0.15, 0.2) is 36.4 Å². The predicted molar refractivity (Wildman–Crippen MR) is 109 cm³/mol. The van der Waals surface area contributed by atoms with E-state index in [0.717, 1.165) is 24.7 Å². The summed E-state index contributed by atoms with van der Waals surface area (Å²) in [5, 5.41) is 3.16. The minimum Gasteiger partial charge on any atom is -0.345 e. The topological polar surface area (TPSA) is 75.3 Å². The Bertz CT molecular complexity index is 973. The Labute approximate surface area is 165 Å². The van der Waals surface area contributed by atoms with E-state index in [0.29, 0.717) is 11.3 Å². The lowest BCUT2D eigenvalue weighted by atomic mass is 9.89. The number of fused-ring (bicyclic) bond motifs is 1. The van der Waals surface area contributed by atoms with Gasteiger partial charge in [0.25, 0.3) is 5.91 Å². The van der Waals surface area contributed by atoms with E-state index in [4.69, 9.17) is 11.6 Å². The number of carbonyl (C=O) groups is 1. The van der Waals surface area contributed by atoms with Gasteiger partial charge in [0, 0.05) is 5.69 Å². The first-order chi connectivity index (χ1) is 12.7. The van der Waals surface area contributed by atoms with Crippen molar-refractivity contribution in [2.24, 2.45) is 0 Å². The van der Waals surface area contributed by atoms with Crippen LogP contribution in [0.5, 0.6) is 0 Å². The van der Waals surface area contributed by atoms with Gasteiger partial charge in [0.15, 0.2) is 0 Å². The summed E-state index contributed by atoms with van der Waals surface area (Å²) in [5.41, 5.74) is 4.47. The highest BCUT2D eigenvalue weighted by atomic mass is 35.5. The molecule has 1 aliphatic rings. The molecule has 0 bridgehead atoms. The molecule has 0 saturated heterocycles. The fourth-order valence-electron chi connectivity index (χ4n) is 3.36. The van der Waals surface area contributed by atoms with E-state index < -0.39 is 10.0 Å². The molecule has 7 heteroatoms. The first kappa shape index (κ1) is 19.7. The van der Waals surface area contributed by atoms with E-state index in [2.05, 4.69) is 28.2 Å². The van der Waals surface area contributed by atoms with Crippen molar-refractivity contribution in [3.63, 3.8) is 0 Å². The van der Waals surface area contributed by atoms with Crippen molar-refractivity contribution in [2.75, 3.05) is 11.0 Å². The second-order valence-corrected chi connectivity index (χ2v) is 9.15.